The van der Waals surface area contributed by atoms with E-state index in [1.165, 1.54) is 0 Å². The number of ether oxygens (including phenoxy) is 2. The predicted octanol–water partition coefficient (Wildman–Crippen LogP) is 2.15. The molecule has 2 aliphatic heterocycles. The van der Waals surface area contributed by atoms with E-state index < -0.39 is 6.10 Å². The van der Waals surface area contributed by atoms with Gasteiger partial charge in [0.15, 0.2) is 11.5 Å². The maximum absolute atomic E-state index is 9.97. The van der Waals surface area contributed by atoms with E-state index in [1.807, 2.05) is 30.5 Å². The molecule has 4 heterocycles. The Kier molecular flexibility index (Phi) is 5.40. The Bertz CT molecular complexity index is 1130. The summed E-state index contributed by atoms with van der Waals surface area (Å²) < 4.78 is 13.9. The topological polar surface area (TPSA) is 97.6 Å². The van der Waals surface area contributed by atoms with Crippen molar-refractivity contribution >= 4 is 16.9 Å². The molecule has 1 saturated carbocycles. The number of aromatic nitrogens is 4. The highest BCUT2D eigenvalue weighted by Crippen LogP contribution is 2.39. The Labute approximate surface area is 192 Å². The van der Waals surface area contributed by atoms with Gasteiger partial charge in [-0.05, 0) is 44.9 Å². The van der Waals surface area contributed by atoms with E-state index >= 15 is 0 Å². The van der Waals surface area contributed by atoms with Crippen LogP contribution >= 0.6 is 0 Å². The van der Waals surface area contributed by atoms with Crippen molar-refractivity contribution in [1.29, 1.82) is 0 Å². The Morgan fingerprint density at radius 1 is 1.18 bits per heavy atom. The third kappa shape index (κ3) is 4.16. The van der Waals surface area contributed by atoms with Crippen LogP contribution in [0.1, 0.15) is 31.7 Å². The van der Waals surface area contributed by atoms with E-state index in [0.717, 1.165) is 61.2 Å². The molecule has 0 amide bonds. The number of nitrogens with one attached hydrogen (secondary N) is 1. The second-order valence-corrected chi connectivity index (χ2v) is 9.34. The highest BCUT2D eigenvalue weighted by atomic mass is 16.5. The van der Waals surface area contributed by atoms with Crippen molar-refractivity contribution in [2.75, 3.05) is 38.2 Å². The Morgan fingerprint density at radius 2 is 2.00 bits per heavy atom. The number of aliphatic hydroxyl groups excluding tert-OH is 1. The molecule has 174 valence electrons. The molecule has 1 aliphatic carbocycles. The van der Waals surface area contributed by atoms with Gasteiger partial charge in [-0.25, -0.2) is 14.6 Å². The normalized spacial score (nSPS) is 23.3. The molecule has 2 saturated heterocycles. The summed E-state index contributed by atoms with van der Waals surface area (Å²) in [6.07, 6.45) is 6.42. The Balaban J connectivity index is 1.36. The molecule has 2 N–H and O–H groups in total. The molecule has 2 bridgehead atoms. The van der Waals surface area contributed by atoms with E-state index in [0.29, 0.717) is 24.2 Å². The standard InChI is InChI=1S/C24H30N6O3/c1-25-10-17(31)14-32-18-4-2-3-15(9-18)22-27-23(29-12-19-7-8-20(13-29)33-19)21-11-26-30(16-5-6-16)24(21)28-22/h2-4,9,11,16-17,19-20,25,31H,5-8,10,12-14H2,1H3. The lowest BCUT2D eigenvalue weighted by Gasteiger charge is -2.33. The van der Waals surface area contributed by atoms with Crippen molar-refractivity contribution in [3.63, 3.8) is 0 Å². The Morgan fingerprint density at radius 3 is 2.76 bits per heavy atom. The second-order valence-electron chi connectivity index (χ2n) is 9.34. The molecule has 0 spiro atoms. The number of aliphatic hydroxyl groups is 1. The van der Waals surface area contributed by atoms with Crippen molar-refractivity contribution in [1.82, 2.24) is 25.1 Å². The zero-order valence-electron chi connectivity index (χ0n) is 18.9. The predicted molar refractivity (Wildman–Crippen MR) is 125 cm³/mol. The minimum Gasteiger partial charge on any atom is -0.491 e. The van der Waals surface area contributed by atoms with Gasteiger partial charge >= 0.3 is 0 Å². The Hall–Kier alpha value is -2.75. The van der Waals surface area contributed by atoms with Crippen LogP contribution in [0.4, 0.5) is 5.82 Å². The molecular formula is C24H30N6O3. The summed E-state index contributed by atoms with van der Waals surface area (Å²) in [4.78, 5) is 12.4. The molecule has 3 atom stereocenters. The highest BCUT2D eigenvalue weighted by molar-refractivity contribution is 5.89. The first-order chi connectivity index (χ1) is 16.2. The van der Waals surface area contributed by atoms with Crippen LogP contribution in [0.25, 0.3) is 22.4 Å². The zero-order valence-corrected chi connectivity index (χ0v) is 18.9. The largest absolute Gasteiger partial charge is 0.491 e. The summed E-state index contributed by atoms with van der Waals surface area (Å²) in [7, 11) is 1.81. The van der Waals surface area contributed by atoms with Crippen molar-refractivity contribution in [2.24, 2.45) is 0 Å². The summed E-state index contributed by atoms with van der Waals surface area (Å²) >= 11 is 0. The first kappa shape index (κ1) is 20.8. The van der Waals surface area contributed by atoms with Crippen molar-refractivity contribution in [3.8, 4) is 17.1 Å². The van der Waals surface area contributed by atoms with E-state index in [2.05, 4.69) is 20.0 Å². The van der Waals surface area contributed by atoms with E-state index in [1.54, 1.807) is 7.05 Å². The van der Waals surface area contributed by atoms with Crippen LogP contribution in [-0.2, 0) is 4.74 Å². The van der Waals surface area contributed by atoms with Gasteiger partial charge < -0.3 is 24.8 Å². The molecule has 2 aromatic heterocycles. The second kappa shape index (κ2) is 8.55. The fraction of sp³-hybridized carbons (Fsp3) is 0.542. The summed E-state index contributed by atoms with van der Waals surface area (Å²) in [5, 5.41) is 18.6. The van der Waals surface area contributed by atoms with Crippen LogP contribution in [0.5, 0.6) is 5.75 Å². The molecule has 3 fully saturated rings. The van der Waals surface area contributed by atoms with Gasteiger partial charge in [-0.1, -0.05) is 12.1 Å². The van der Waals surface area contributed by atoms with Gasteiger partial charge in [0, 0.05) is 25.2 Å². The number of rotatable bonds is 8. The molecule has 3 unspecified atom stereocenters. The van der Waals surface area contributed by atoms with Crippen molar-refractivity contribution in [3.05, 3.63) is 30.5 Å². The van der Waals surface area contributed by atoms with E-state index in [-0.39, 0.29) is 18.8 Å². The number of hydrogen-bond acceptors (Lipinski definition) is 8. The fourth-order valence-corrected chi connectivity index (χ4v) is 4.87. The van der Waals surface area contributed by atoms with Crippen LogP contribution in [0.3, 0.4) is 0 Å². The van der Waals surface area contributed by atoms with E-state index in [9.17, 15) is 5.11 Å². The molecule has 3 aliphatic rings. The molecule has 0 radical (unpaired) electrons. The van der Waals surface area contributed by atoms with Gasteiger partial charge in [0.25, 0.3) is 0 Å². The number of anilines is 1. The first-order valence-corrected chi connectivity index (χ1v) is 11.9. The fourth-order valence-electron chi connectivity index (χ4n) is 4.87. The lowest BCUT2D eigenvalue weighted by atomic mass is 10.2. The number of hydrogen-bond donors (Lipinski definition) is 2. The summed E-state index contributed by atoms with van der Waals surface area (Å²) in [5.74, 6) is 2.30. The van der Waals surface area contributed by atoms with Crippen LogP contribution in [0.15, 0.2) is 30.5 Å². The zero-order chi connectivity index (χ0) is 22.4. The van der Waals surface area contributed by atoms with Crippen LogP contribution < -0.4 is 15.0 Å². The molecule has 1 aromatic carbocycles. The number of morpholine rings is 1. The molecule has 33 heavy (non-hydrogen) atoms. The number of likely N-dealkylation sites (N-methyl/N-ethyl adjacent to an activating group) is 1. The average molecular weight is 451 g/mol. The van der Waals surface area contributed by atoms with Gasteiger partial charge in [0.05, 0.1) is 29.8 Å². The SMILES string of the molecule is CNCC(O)COc1cccc(-c2nc(N3CC4CCC(C3)O4)c3cnn(C4CC4)c3n2)c1. The molecule has 6 rings (SSSR count). The maximum Gasteiger partial charge on any atom is 0.164 e. The summed E-state index contributed by atoms with van der Waals surface area (Å²) in [6.45, 7) is 2.41. The smallest absolute Gasteiger partial charge is 0.164 e. The molecule has 3 aromatic rings. The van der Waals surface area contributed by atoms with Gasteiger partial charge in [-0.2, -0.15) is 5.10 Å². The van der Waals surface area contributed by atoms with Gasteiger partial charge in [0.2, 0.25) is 0 Å². The average Bonchev–Trinajstić information content (AvgIpc) is 3.50. The van der Waals surface area contributed by atoms with Crippen molar-refractivity contribution in [2.45, 2.75) is 50.0 Å². The summed E-state index contributed by atoms with van der Waals surface area (Å²) in [6, 6.07) is 8.21. The molecule has 9 nitrogen and oxygen atoms in total. The highest BCUT2D eigenvalue weighted by Gasteiger charge is 2.36. The maximum atomic E-state index is 9.97. The van der Waals surface area contributed by atoms with Crippen LogP contribution in [-0.4, -0.2) is 76.5 Å². The lowest BCUT2D eigenvalue weighted by Crippen LogP contribution is -2.43. The van der Waals surface area contributed by atoms with E-state index in [4.69, 9.17) is 19.4 Å². The monoisotopic (exact) mass is 450 g/mol. The minimum absolute atomic E-state index is 0.223. The number of fused-ring (bicyclic) bond motifs is 3. The van der Waals surface area contributed by atoms with Gasteiger partial charge in [0.1, 0.15) is 24.3 Å². The molecular weight excluding hydrogens is 420 g/mol. The third-order valence-corrected chi connectivity index (χ3v) is 6.64. The first-order valence-electron chi connectivity index (χ1n) is 11.9. The van der Waals surface area contributed by atoms with Crippen molar-refractivity contribution < 1.29 is 14.6 Å². The molecule has 9 heteroatoms. The number of nitrogens with zero attached hydrogens (tertiary/aromatic N) is 5. The van der Waals surface area contributed by atoms with Gasteiger partial charge in [-0.15, -0.1) is 0 Å². The quantitative estimate of drug-likeness (QED) is 0.539. The summed E-state index contributed by atoms with van der Waals surface area (Å²) in [5.41, 5.74) is 1.78. The van der Waals surface area contributed by atoms with Gasteiger partial charge in [-0.3, -0.25) is 0 Å². The number of benzene rings is 1. The third-order valence-electron chi connectivity index (χ3n) is 6.64. The lowest BCUT2D eigenvalue weighted by molar-refractivity contribution is 0.0303. The van der Waals surface area contributed by atoms with Crippen LogP contribution in [0.2, 0.25) is 0 Å². The minimum atomic E-state index is -0.567. The van der Waals surface area contributed by atoms with Crippen LogP contribution in [0, 0.1) is 0 Å².